The summed E-state index contributed by atoms with van der Waals surface area (Å²) in [6.45, 7) is -0.162. The van der Waals surface area contributed by atoms with Crippen LogP contribution < -0.4 is 14.8 Å². The molecule has 0 fully saturated rings. The van der Waals surface area contributed by atoms with Crippen molar-refractivity contribution >= 4 is 54.7 Å². The van der Waals surface area contributed by atoms with Crippen LogP contribution in [-0.4, -0.2) is 39.5 Å². The zero-order valence-electron chi connectivity index (χ0n) is 18.8. The van der Waals surface area contributed by atoms with E-state index >= 15 is 0 Å². The number of fused-ring (bicyclic) bond motifs is 3. The highest BCUT2D eigenvalue weighted by molar-refractivity contribution is 7.25. The number of anilines is 2. The number of aromatic nitrogens is 2. The van der Waals surface area contributed by atoms with Crippen molar-refractivity contribution in [3.63, 3.8) is 0 Å². The van der Waals surface area contributed by atoms with Crippen LogP contribution in [0.3, 0.4) is 0 Å². The first-order chi connectivity index (χ1) is 17.5. The molecule has 37 heavy (non-hydrogen) atoms. The largest absolute Gasteiger partial charge is 0.491 e. The first-order valence-corrected chi connectivity index (χ1v) is 12.2. The molecule has 0 amide bonds. The topological polar surface area (TPSA) is 96.7 Å². The van der Waals surface area contributed by atoms with Crippen molar-refractivity contribution in [1.82, 2.24) is 9.97 Å². The van der Waals surface area contributed by atoms with Crippen molar-refractivity contribution in [2.24, 2.45) is 0 Å². The van der Waals surface area contributed by atoms with Crippen LogP contribution in [0.15, 0.2) is 67.0 Å². The molecule has 0 aliphatic heterocycles. The van der Waals surface area contributed by atoms with E-state index in [9.17, 15) is 9.50 Å². The van der Waals surface area contributed by atoms with E-state index in [4.69, 9.17) is 26.2 Å². The van der Waals surface area contributed by atoms with Gasteiger partial charge in [0.05, 0.1) is 17.0 Å². The van der Waals surface area contributed by atoms with Gasteiger partial charge in [0, 0.05) is 15.8 Å². The number of ether oxygens (including phenoxy) is 2. The summed E-state index contributed by atoms with van der Waals surface area (Å²) in [7, 11) is 0. The monoisotopic (exact) mass is 541 g/mol. The molecule has 0 aliphatic carbocycles. The summed E-state index contributed by atoms with van der Waals surface area (Å²) in [4.78, 5) is 9.65. The Bertz CT molecular complexity index is 1530. The third-order valence-corrected chi connectivity index (χ3v) is 6.73. The van der Waals surface area contributed by atoms with Crippen LogP contribution in [0.5, 0.6) is 11.5 Å². The predicted octanol–water partition coefficient (Wildman–Crippen LogP) is 6.33. The van der Waals surface area contributed by atoms with Gasteiger partial charge in [-0.3, -0.25) is 0 Å². The maximum atomic E-state index is 13.4. The molecule has 2 heterocycles. The molecule has 0 spiro atoms. The molecular weight excluding hydrogens is 517 g/mol. The van der Waals surface area contributed by atoms with Gasteiger partial charge in [-0.15, -0.1) is 11.3 Å². The van der Waals surface area contributed by atoms with Crippen LogP contribution in [0, 0.1) is 5.82 Å². The van der Waals surface area contributed by atoms with Crippen molar-refractivity contribution in [2.75, 3.05) is 18.5 Å². The molecule has 0 radical (unpaired) electrons. The molecule has 192 valence electrons. The maximum Gasteiger partial charge on any atom is 0.143 e. The summed E-state index contributed by atoms with van der Waals surface area (Å²) in [6, 6.07) is 17.1. The average molecular weight is 542 g/mol. The predicted molar refractivity (Wildman–Crippen MR) is 146 cm³/mol. The number of halogens is 2. The molecule has 0 bridgehead atoms. The zero-order valence-corrected chi connectivity index (χ0v) is 20.4. The molecule has 0 aliphatic rings. The van der Waals surface area contributed by atoms with Crippen LogP contribution >= 0.6 is 22.9 Å². The zero-order chi connectivity index (χ0) is 25.1. The Morgan fingerprint density at radius 3 is 2.70 bits per heavy atom. The van der Waals surface area contributed by atoms with Gasteiger partial charge in [-0.2, -0.15) is 0 Å². The fraction of sp³-hybridized carbons (Fsp3) is 0.185. The number of thiophene rings is 1. The fourth-order valence-corrected chi connectivity index (χ4v) is 4.94. The molecule has 7 nitrogen and oxygen atoms in total. The highest BCUT2D eigenvalue weighted by Crippen LogP contribution is 2.39. The number of hydrogen-bond acceptors (Lipinski definition) is 8. The average Bonchev–Trinajstić information content (AvgIpc) is 3.25. The quantitative estimate of drug-likeness (QED) is 0.201. The van der Waals surface area contributed by atoms with Crippen LogP contribution in [0.25, 0.3) is 20.3 Å². The van der Waals surface area contributed by atoms with E-state index in [0.29, 0.717) is 27.9 Å². The Morgan fingerprint density at radius 1 is 1.05 bits per heavy atom. The van der Waals surface area contributed by atoms with Gasteiger partial charge in [0.2, 0.25) is 0 Å². The van der Waals surface area contributed by atoms with Gasteiger partial charge in [-0.1, -0.05) is 31.2 Å². The van der Waals surface area contributed by atoms with Gasteiger partial charge in [0.1, 0.15) is 53.6 Å². The summed E-state index contributed by atoms with van der Waals surface area (Å²) in [5.74, 6) is 1.38. The summed E-state index contributed by atoms with van der Waals surface area (Å²) in [5, 5.41) is 24.0. The van der Waals surface area contributed by atoms with Crippen LogP contribution in [0.2, 0.25) is 5.02 Å². The smallest absolute Gasteiger partial charge is 0.143 e. The summed E-state index contributed by atoms with van der Waals surface area (Å²) in [6.07, 6.45) is 0.558. The standard InChI is InChI=1S/C26H21ClFN3O4S.CH4/c27-21-9-17(4-7-22(21)35-12-15-2-1-3-16(28)8-15)31-25-24-20-6-5-19(34-13-18(33)11-32)10-23(20)36-26(24)30-14-29-25;/h1-10,14,18,32-33H,11-13H2,(H,29,30,31);1H4. The van der Waals surface area contributed by atoms with Crippen molar-refractivity contribution in [2.45, 2.75) is 20.1 Å². The molecule has 2 aromatic heterocycles. The Kier molecular flexibility index (Phi) is 8.40. The van der Waals surface area contributed by atoms with E-state index in [1.54, 1.807) is 30.3 Å². The lowest BCUT2D eigenvalue weighted by molar-refractivity contribution is 0.0536. The fourth-order valence-electron chi connectivity index (χ4n) is 3.64. The molecule has 5 rings (SSSR count). The van der Waals surface area contributed by atoms with Gasteiger partial charge >= 0.3 is 0 Å². The molecule has 3 N–H and O–H groups in total. The molecule has 5 aromatic rings. The van der Waals surface area contributed by atoms with Gasteiger partial charge in [0.15, 0.2) is 0 Å². The highest BCUT2D eigenvalue weighted by Gasteiger charge is 2.14. The van der Waals surface area contributed by atoms with Crippen molar-refractivity contribution < 1.29 is 24.1 Å². The number of nitrogens with zero attached hydrogens (tertiary/aromatic N) is 2. The number of aliphatic hydroxyl groups is 2. The lowest BCUT2D eigenvalue weighted by Gasteiger charge is -2.12. The SMILES string of the molecule is C.OCC(O)COc1ccc2c(c1)sc1ncnc(Nc3ccc(OCc4cccc(F)c4)c(Cl)c3)c12. The van der Waals surface area contributed by atoms with Crippen LogP contribution in [0.4, 0.5) is 15.9 Å². The summed E-state index contributed by atoms with van der Waals surface area (Å²) < 4.78 is 25.7. The van der Waals surface area contributed by atoms with Crippen molar-refractivity contribution in [3.05, 3.63) is 83.4 Å². The van der Waals surface area contributed by atoms with Crippen LogP contribution in [0.1, 0.15) is 13.0 Å². The Hall–Kier alpha value is -3.50. The minimum absolute atomic E-state index is 0. The molecule has 1 unspecified atom stereocenters. The van der Waals surface area contributed by atoms with E-state index in [1.807, 2.05) is 18.2 Å². The third kappa shape index (κ3) is 6.08. The van der Waals surface area contributed by atoms with Crippen molar-refractivity contribution in [1.29, 1.82) is 0 Å². The molecule has 0 saturated heterocycles. The second-order valence-corrected chi connectivity index (χ2v) is 9.44. The van der Waals surface area contributed by atoms with Crippen LogP contribution in [-0.2, 0) is 6.61 Å². The molecule has 10 heteroatoms. The first kappa shape index (κ1) is 26.6. The second-order valence-electron chi connectivity index (χ2n) is 8.00. The third-order valence-electron chi connectivity index (χ3n) is 5.37. The lowest BCUT2D eigenvalue weighted by atomic mass is 10.2. The van der Waals surface area contributed by atoms with Gasteiger partial charge in [-0.05, 0) is 54.1 Å². The maximum absolute atomic E-state index is 13.4. The summed E-state index contributed by atoms with van der Waals surface area (Å²) >= 11 is 7.94. The Balaban J connectivity index is 0.00000320. The Labute approximate surface area is 222 Å². The number of rotatable bonds is 9. The minimum Gasteiger partial charge on any atom is -0.491 e. The van der Waals surface area contributed by atoms with Gasteiger partial charge in [-0.25, -0.2) is 14.4 Å². The number of aliphatic hydroxyl groups excluding tert-OH is 2. The summed E-state index contributed by atoms with van der Waals surface area (Å²) in [5.41, 5.74) is 1.43. The normalized spacial score (nSPS) is 11.8. The molecule has 3 aromatic carbocycles. The highest BCUT2D eigenvalue weighted by atomic mass is 35.5. The molecule has 0 saturated carbocycles. The van der Waals surface area contributed by atoms with Gasteiger partial charge in [0.25, 0.3) is 0 Å². The second kappa shape index (κ2) is 11.7. The number of hydrogen-bond donors (Lipinski definition) is 3. The lowest BCUT2D eigenvalue weighted by Crippen LogP contribution is -2.21. The van der Waals surface area contributed by atoms with E-state index in [1.165, 1.54) is 29.8 Å². The van der Waals surface area contributed by atoms with E-state index < -0.39 is 6.10 Å². The number of benzene rings is 3. The Morgan fingerprint density at radius 2 is 1.92 bits per heavy atom. The minimum atomic E-state index is -0.935. The van der Waals surface area contributed by atoms with Crippen molar-refractivity contribution in [3.8, 4) is 11.5 Å². The van der Waals surface area contributed by atoms with E-state index in [-0.39, 0.29) is 33.1 Å². The van der Waals surface area contributed by atoms with Gasteiger partial charge < -0.3 is 25.0 Å². The molecular formula is C27H25ClFN3O4S. The first-order valence-electron chi connectivity index (χ1n) is 11.0. The molecule has 1 atom stereocenters. The van der Waals surface area contributed by atoms with E-state index in [2.05, 4.69) is 15.3 Å². The number of nitrogens with one attached hydrogen (secondary N) is 1. The van der Waals surface area contributed by atoms with E-state index in [0.717, 1.165) is 26.0 Å².